The van der Waals surface area contributed by atoms with Gasteiger partial charge >= 0.3 is 0 Å². The Morgan fingerprint density at radius 2 is 1.92 bits per heavy atom. The number of aryl methyl sites for hydroxylation is 1. The van der Waals surface area contributed by atoms with Crippen LogP contribution in [0.1, 0.15) is 16.7 Å². The highest BCUT2D eigenvalue weighted by atomic mass is 79.9. The predicted molar refractivity (Wildman–Crippen MR) is 102 cm³/mol. The molecule has 0 aromatic heterocycles. The van der Waals surface area contributed by atoms with Crippen LogP contribution in [0.3, 0.4) is 0 Å². The minimum Gasteiger partial charge on any atom is -0.488 e. The van der Waals surface area contributed by atoms with Crippen LogP contribution >= 0.6 is 15.9 Å². The standard InChI is InChI=1S/C20H19BrN2O2/c1-14-4-6-15(7-5-14)13-25-19-9-8-16(11-18(19)21)10-17(12-22)20(24)23(2)3/h4-11H,13H2,1-3H3/b17-10-. The summed E-state index contributed by atoms with van der Waals surface area (Å²) < 4.78 is 6.59. The first-order valence-electron chi connectivity index (χ1n) is 7.72. The molecule has 0 aliphatic rings. The Bertz CT molecular complexity index is 834. The number of hydrogen-bond acceptors (Lipinski definition) is 3. The van der Waals surface area contributed by atoms with E-state index in [1.807, 2.05) is 55.5 Å². The second-order valence-electron chi connectivity index (χ2n) is 5.83. The summed E-state index contributed by atoms with van der Waals surface area (Å²) >= 11 is 3.48. The van der Waals surface area contributed by atoms with E-state index in [4.69, 9.17) is 10.00 Å². The Balaban J connectivity index is 2.13. The average Bonchev–Trinajstić information content (AvgIpc) is 2.59. The summed E-state index contributed by atoms with van der Waals surface area (Å²) in [5, 5.41) is 9.16. The number of benzene rings is 2. The zero-order chi connectivity index (χ0) is 18.4. The van der Waals surface area contributed by atoms with Gasteiger partial charge in [-0.25, -0.2) is 0 Å². The van der Waals surface area contributed by atoms with Gasteiger partial charge in [0.25, 0.3) is 5.91 Å². The highest BCUT2D eigenvalue weighted by Gasteiger charge is 2.11. The van der Waals surface area contributed by atoms with Crippen molar-refractivity contribution >= 4 is 27.9 Å². The van der Waals surface area contributed by atoms with Crippen molar-refractivity contribution in [3.8, 4) is 11.8 Å². The molecule has 0 aliphatic carbocycles. The number of hydrogen-bond donors (Lipinski definition) is 0. The number of rotatable bonds is 5. The van der Waals surface area contributed by atoms with Gasteiger partial charge in [0.1, 0.15) is 24.0 Å². The van der Waals surface area contributed by atoms with Crippen LogP contribution in [0, 0.1) is 18.3 Å². The van der Waals surface area contributed by atoms with Gasteiger partial charge in [-0.1, -0.05) is 35.9 Å². The lowest BCUT2D eigenvalue weighted by molar-refractivity contribution is -0.124. The molecule has 0 saturated carbocycles. The van der Waals surface area contributed by atoms with Crippen LogP contribution in [0.2, 0.25) is 0 Å². The lowest BCUT2D eigenvalue weighted by Gasteiger charge is -2.10. The van der Waals surface area contributed by atoms with Crippen molar-refractivity contribution in [2.45, 2.75) is 13.5 Å². The molecule has 4 nitrogen and oxygen atoms in total. The van der Waals surface area contributed by atoms with Crippen molar-refractivity contribution in [3.05, 3.63) is 69.2 Å². The highest BCUT2D eigenvalue weighted by Crippen LogP contribution is 2.28. The fourth-order valence-corrected chi connectivity index (χ4v) is 2.63. The van der Waals surface area contributed by atoms with Crippen LogP contribution in [0.25, 0.3) is 6.08 Å². The smallest absolute Gasteiger partial charge is 0.264 e. The maximum atomic E-state index is 11.9. The molecule has 1 amide bonds. The Morgan fingerprint density at radius 3 is 2.48 bits per heavy atom. The number of nitrogens with zero attached hydrogens (tertiary/aromatic N) is 2. The Labute approximate surface area is 156 Å². The van der Waals surface area contributed by atoms with Gasteiger partial charge in [-0.2, -0.15) is 5.26 Å². The lowest BCUT2D eigenvalue weighted by Crippen LogP contribution is -2.22. The number of amides is 1. The van der Waals surface area contributed by atoms with Gasteiger partial charge in [-0.15, -0.1) is 0 Å². The first-order valence-corrected chi connectivity index (χ1v) is 8.51. The Hall–Kier alpha value is -2.58. The van der Waals surface area contributed by atoms with E-state index in [1.165, 1.54) is 10.5 Å². The molecule has 5 heteroatoms. The van der Waals surface area contributed by atoms with Crippen LogP contribution in [0.15, 0.2) is 52.5 Å². The molecule has 0 atom stereocenters. The third kappa shape index (κ3) is 5.20. The molecule has 2 rings (SSSR count). The molecular weight excluding hydrogens is 380 g/mol. The number of likely N-dealkylation sites (N-methyl/N-ethyl adjacent to an activating group) is 1. The van der Waals surface area contributed by atoms with E-state index in [0.29, 0.717) is 12.4 Å². The molecular formula is C20H19BrN2O2. The minimum atomic E-state index is -0.321. The maximum absolute atomic E-state index is 11.9. The average molecular weight is 399 g/mol. The fraction of sp³-hybridized carbons (Fsp3) is 0.200. The first kappa shape index (κ1) is 18.8. The molecule has 0 fully saturated rings. The summed E-state index contributed by atoms with van der Waals surface area (Å²) in [6.45, 7) is 2.51. The number of ether oxygens (including phenoxy) is 1. The Kier molecular flexibility index (Phi) is 6.37. The third-order valence-electron chi connectivity index (χ3n) is 3.54. The van der Waals surface area contributed by atoms with Crippen molar-refractivity contribution in [1.82, 2.24) is 4.90 Å². The normalized spacial score (nSPS) is 10.9. The van der Waals surface area contributed by atoms with Crippen LogP contribution in [0.5, 0.6) is 5.75 Å². The van der Waals surface area contributed by atoms with Crippen molar-refractivity contribution in [3.63, 3.8) is 0 Å². The fourth-order valence-electron chi connectivity index (χ4n) is 2.12. The minimum absolute atomic E-state index is 0.0882. The molecule has 0 aliphatic heterocycles. The van der Waals surface area contributed by atoms with E-state index in [0.717, 1.165) is 15.6 Å². The van der Waals surface area contributed by atoms with E-state index in [-0.39, 0.29) is 11.5 Å². The number of halogens is 1. The summed E-state index contributed by atoms with van der Waals surface area (Å²) in [4.78, 5) is 13.3. The van der Waals surface area contributed by atoms with Crippen molar-refractivity contribution in [2.75, 3.05) is 14.1 Å². The van der Waals surface area contributed by atoms with Gasteiger partial charge in [0, 0.05) is 14.1 Å². The van der Waals surface area contributed by atoms with Gasteiger partial charge < -0.3 is 9.64 Å². The largest absolute Gasteiger partial charge is 0.488 e. The van der Waals surface area contributed by atoms with Gasteiger partial charge in [-0.05, 0) is 52.2 Å². The first-order chi connectivity index (χ1) is 11.9. The summed E-state index contributed by atoms with van der Waals surface area (Å²) in [6.07, 6.45) is 1.57. The molecule has 0 spiro atoms. The van der Waals surface area contributed by atoms with Gasteiger partial charge in [0.15, 0.2) is 0 Å². The second kappa shape index (κ2) is 8.50. The van der Waals surface area contributed by atoms with Crippen LogP contribution < -0.4 is 4.74 Å². The van der Waals surface area contributed by atoms with E-state index >= 15 is 0 Å². The second-order valence-corrected chi connectivity index (χ2v) is 6.69. The predicted octanol–water partition coefficient (Wildman–Crippen LogP) is 4.33. The van der Waals surface area contributed by atoms with Gasteiger partial charge in [0.05, 0.1) is 4.47 Å². The molecule has 2 aromatic rings. The molecule has 0 bridgehead atoms. The molecule has 0 N–H and O–H groups in total. The molecule has 0 heterocycles. The van der Waals surface area contributed by atoms with E-state index in [1.54, 1.807) is 20.2 Å². The van der Waals surface area contributed by atoms with Crippen LogP contribution in [0.4, 0.5) is 0 Å². The third-order valence-corrected chi connectivity index (χ3v) is 4.16. The number of carbonyl (C=O) groups excluding carboxylic acids is 1. The summed E-state index contributed by atoms with van der Waals surface area (Å²) in [5.41, 5.74) is 3.14. The molecule has 128 valence electrons. The van der Waals surface area contributed by atoms with Gasteiger partial charge in [-0.3, -0.25) is 4.79 Å². The summed E-state index contributed by atoms with van der Waals surface area (Å²) in [6, 6.07) is 15.6. The molecule has 0 saturated heterocycles. The van der Waals surface area contributed by atoms with Crippen molar-refractivity contribution < 1.29 is 9.53 Å². The molecule has 2 aromatic carbocycles. The van der Waals surface area contributed by atoms with E-state index < -0.39 is 0 Å². The molecule has 0 radical (unpaired) electrons. The molecule has 25 heavy (non-hydrogen) atoms. The molecule has 0 unspecified atom stereocenters. The lowest BCUT2D eigenvalue weighted by atomic mass is 10.1. The van der Waals surface area contributed by atoms with Crippen molar-refractivity contribution in [1.29, 1.82) is 5.26 Å². The zero-order valence-electron chi connectivity index (χ0n) is 14.4. The monoisotopic (exact) mass is 398 g/mol. The summed E-state index contributed by atoms with van der Waals surface area (Å²) in [5.74, 6) is 0.383. The number of nitriles is 1. The number of carbonyl (C=O) groups is 1. The SMILES string of the molecule is Cc1ccc(COc2ccc(/C=C(/C#N)C(=O)N(C)C)cc2Br)cc1. The highest BCUT2D eigenvalue weighted by molar-refractivity contribution is 9.10. The van der Waals surface area contributed by atoms with E-state index in [2.05, 4.69) is 15.9 Å². The zero-order valence-corrected chi connectivity index (χ0v) is 16.0. The topological polar surface area (TPSA) is 53.3 Å². The van der Waals surface area contributed by atoms with Crippen LogP contribution in [-0.4, -0.2) is 24.9 Å². The van der Waals surface area contributed by atoms with Crippen molar-refractivity contribution in [2.24, 2.45) is 0 Å². The maximum Gasteiger partial charge on any atom is 0.264 e. The quantitative estimate of drug-likeness (QED) is 0.556. The van der Waals surface area contributed by atoms with E-state index in [9.17, 15) is 4.79 Å². The Morgan fingerprint density at radius 1 is 1.24 bits per heavy atom. The van der Waals surface area contributed by atoms with Gasteiger partial charge in [0.2, 0.25) is 0 Å². The van der Waals surface area contributed by atoms with Crippen LogP contribution in [-0.2, 0) is 11.4 Å². The summed E-state index contributed by atoms with van der Waals surface area (Å²) in [7, 11) is 3.23.